The van der Waals surface area contributed by atoms with E-state index >= 15 is 0 Å². The number of carbonyl (C=O) groups is 1. The molecule has 0 N–H and O–H groups in total. The number of Topliss-reactive ketones (excluding diaryl/α,β-unsaturated/α-hetero) is 1. The van der Waals surface area contributed by atoms with Crippen LogP contribution >= 0.6 is 23.2 Å². The summed E-state index contributed by atoms with van der Waals surface area (Å²) >= 11 is 11.9. The van der Waals surface area contributed by atoms with Crippen molar-refractivity contribution >= 4 is 29.0 Å². The van der Waals surface area contributed by atoms with Gasteiger partial charge in [-0.15, -0.1) is 0 Å². The van der Waals surface area contributed by atoms with Crippen molar-refractivity contribution in [3.05, 3.63) is 63.6 Å². The van der Waals surface area contributed by atoms with E-state index in [1.807, 2.05) is 25.1 Å². The molecule has 0 heterocycles. The van der Waals surface area contributed by atoms with E-state index in [4.69, 9.17) is 27.9 Å². The van der Waals surface area contributed by atoms with E-state index in [-0.39, 0.29) is 18.8 Å². The van der Waals surface area contributed by atoms with Crippen LogP contribution in [0.3, 0.4) is 0 Å². The smallest absolute Gasteiger partial charge is 0.174 e. The lowest BCUT2D eigenvalue weighted by Crippen LogP contribution is -2.14. The molecule has 2 rings (SSSR count). The molecule has 2 nitrogen and oxygen atoms in total. The fourth-order valence-electron chi connectivity index (χ4n) is 1.78. The number of ether oxygens (including phenoxy) is 1. The largest absolute Gasteiger partial charge is 0.486 e. The highest BCUT2D eigenvalue weighted by Crippen LogP contribution is 2.19. The van der Waals surface area contributed by atoms with Crippen LogP contribution in [0.15, 0.2) is 42.5 Å². The lowest BCUT2D eigenvalue weighted by molar-refractivity contribution is -0.120. The number of carbonyl (C=O) groups excluding carboxylic acids is 1. The molecule has 0 bridgehead atoms. The third-order valence-electron chi connectivity index (χ3n) is 2.79. The van der Waals surface area contributed by atoms with Crippen molar-refractivity contribution in [2.45, 2.75) is 13.3 Å². The number of hydrogen-bond donors (Lipinski definition) is 0. The Labute approximate surface area is 128 Å². The minimum Gasteiger partial charge on any atom is -0.486 e. The van der Waals surface area contributed by atoms with Crippen LogP contribution in [-0.2, 0) is 11.2 Å². The quantitative estimate of drug-likeness (QED) is 0.813. The van der Waals surface area contributed by atoms with E-state index in [9.17, 15) is 4.79 Å². The van der Waals surface area contributed by atoms with Crippen molar-refractivity contribution in [2.75, 3.05) is 6.61 Å². The summed E-state index contributed by atoms with van der Waals surface area (Å²) in [6, 6.07) is 12.6. The van der Waals surface area contributed by atoms with Gasteiger partial charge in [0.15, 0.2) is 5.78 Å². The molecule has 2 aromatic carbocycles. The molecule has 0 unspecified atom stereocenters. The Morgan fingerprint density at radius 1 is 1.15 bits per heavy atom. The lowest BCUT2D eigenvalue weighted by Gasteiger charge is -2.07. The summed E-state index contributed by atoms with van der Waals surface area (Å²) in [6.45, 7) is 1.96. The van der Waals surface area contributed by atoms with Crippen molar-refractivity contribution in [1.82, 2.24) is 0 Å². The normalized spacial score (nSPS) is 10.3. The minimum atomic E-state index is -0.0317. The molecular weight excluding hydrogens is 295 g/mol. The third-order valence-corrected chi connectivity index (χ3v) is 3.38. The average molecular weight is 309 g/mol. The van der Waals surface area contributed by atoms with Crippen molar-refractivity contribution in [2.24, 2.45) is 0 Å². The van der Waals surface area contributed by atoms with Gasteiger partial charge in [-0.3, -0.25) is 4.79 Å². The second-order valence-corrected chi connectivity index (χ2v) is 5.40. The summed E-state index contributed by atoms with van der Waals surface area (Å²) in [5.74, 6) is 0.552. The first kappa shape index (κ1) is 14.9. The second-order valence-electron chi connectivity index (χ2n) is 4.56. The van der Waals surface area contributed by atoms with E-state index in [1.165, 1.54) is 0 Å². The molecule has 0 aliphatic carbocycles. The maximum Gasteiger partial charge on any atom is 0.174 e. The van der Waals surface area contributed by atoms with Crippen LogP contribution in [0, 0.1) is 6.92 Å². The van der Waals surface area contributed by atoms with Crippen LogP contribution in [0.2, 0.25) is 10.0 Å². The van der Waals surface area contributed by atoms with Gasteiger partial charge in [-0.05, 0) is 42.3 Å². The molecule has 0 radical (unpaired) electrons. The van der Waals surface area contributed by atoms with Gasteiger partial charge < -0.3 is 4.74 Å². The second kappa shape index (κ2) is 6.78. The highest BCUT2D eigenvalue weighted by atomic mass is 35.5. The topological polar surface area (TPSA) is 26.3 Å². The van der Waals surface area contributed by atoms with Crippen molar-refractivity contribution in [3.8, 4) is 5.75 Å². The number of aryl methyl sites for hydroxylation is 1. The van der Waals surface area contributed by atoms with Gasteiger partial charge in [-0.1, -0.05) is 41.4 Å². The SMILES string of the molecule is Cc1ccc(CC(=O)COc2cccc(Cl)c2)c(Cl)c1. The highest BCUT2D eigenvalue weighted by Gasteiger charge is 2.08. The number of rotatable bonds is 5. The van der Waals surface area contributed by atoms with Crippen molar-refractivity contribution in [3.63, 3.8) is 0 Å². The fourth-order valence-corrected chi connectivity index (χ4v) is 2.26. The van der Waals surface area contributed by atoms with Crippen LogP contribution in [0.1, 0.15) is 11.1 Å². The van der Waals surface area contributed by atoms with Crippen LogP contribution in [0.25, 0.3) is 0 Å². The molecule has 0 atom stereocenters. The molecule has 104 valence electrons. The van der Waals surface area contributed by atoms with Gasteiger partial charge in [0.25, 0.3) is 0 Å². The highest BCUT2D eigenvalue weighted by molar-refractivity contribution is 6.31. The van der Waals surface area contributed by atoms with Gasteiger partial charge in [-0.2, -0.15) is 0 Å². The molecule has 0 fully saturated rings. The molecule has 0 amide bonds. The van der Waals surface area contributed by atoms with Gasteiger partial charge in [0, 0.05) is 16.5 Å². The van der Waals surface area contributed by atoms with Crippen LogP contribution in [0.5, 0.6) is 5.75 Å². The molecular formula is C16H14Cl2O2. The molecule has 0 saturated carbocycles. The van der Waals surface area contributed by atoms with Crippen LogP contribution < -0.4 is 4.74 Å². The van der Waals surface area contributed by atoms with Gasteiger partial charge in [-0.25, -0.2) is 0 Å². The summed E-state index contributed by atoms with van der Waals surface area (Å²) in [5.41, 5.74) is 1.89. The van der Waals surface area contributed by atoms with Crippen molar-refractivity contribution in [1.29, 1.82) is 0 Å². The Morgan fingerprint density at radius 3 is 2.65 bits per heavy atom. The molecule has 0 aliphatic heterocycles. The predicted octanol–water partition coefficient (Wildman–Crippen LogP) is 4.49. The zero-order valence-electron chi connectivity index (χ0n) is 11.0. The van der Waals surface area contributed by atoms with E-state index in [0.29, 0.717) is 15.8 Å². The zero-order chi connectivity index (χ0) is 14.5. The molecule has 0 aliphatic rings. The van der Waals surface area contributed by atoms with E-state index in [0.717, 1.165) is 11.1 Å². The first-order valence-corrected chi connectivity index (χ1v) is 6.95. The fraction of sp³-hybridized carbons (Fsp3) is 0.188. The molecule has 0 saturated heterocycles. The van der Waals surface area contributed by atoms with E-state index in [2.05, 4.69) is 0 Å². The summed E-state index contributed by atoms with van der Waals surface area (Å²) in [4.78, 5) is 11.9. The number of ketones is 1. The zero-order valence-corrected chi connectivity index (χ0v) is 12.5. The molecule has 0 aromatic heterocycles. The number of hydrogen-bond acceptors (Lipinski definition) is 2. The van der Waals surface area contributed by atoms with Gasteiger partial charge in [0.05, 0.1) is 0 Å². The molecule has 2 aromatic rings. The van der Waals surface area contributed by atoms with Gasteiger partial charge >= 0.3 is 0 Å². The molecule has 0 spiro atoms. The Bertz CT molecular complexity index is 624. The van der Waals surface area contributed by atoms with Crippen molar-refractivity contribution < 1.29 is 9.53 Å². The Hall–Kier alpha value is -1.51. The number of benzene rings is 2. The lowest BCUT2D eigenvalue weighted by atomic mass is 10.1. The summed E-state index contributed by atoms with van der Waals surface area (Å²) in [5, 5.41) is 1.19. The minimum absolute atomic E-state index is 0.00451. The average Bonchev–Trinajstić information content (AvgIpc) is 2.40. The predicted molar refractivity (Wildman–Crippen MR) is 81.8 cm³/mol. The van der Waals surface area contributed by atoms with E-state index in [1.54, 1.807) is 24.3 Å². The summed E-state index contributed by atoms with van der Waals surface area (Å²) < 4.78 is 5.41. The van der Waals surface area contributed by atoms with Gasteiger partial charge in [0.2, 0.25) is 0 Å². The summed E-state index contributed by atoms with van der Waals surface area (Å²) in [6.07, 6.45) is 0.264. The van der Waals surface area contributed by atoms with E-state index < -0.39 is 0 Å². The number of halogens is 2. The molecule has 4 heteroatoms. The Kier molecular flexibility index (Phi) is 5.05. The monoisotopic (exact) mass is 308 g/mol. The Balaban J connectivity index is 1.92. The molecule has 20 heavy (non-hydrogen) atoms. The maximum atomic E-state index is 11.9. The van der Waals surface area contributed by atoms with Crippen LogP contribution in [0.4, 0.5) is 0 Å². The summed E-state index contributed by atoms with van der Waals surface area (Å²) in [7, 11) is 0. The standard InChI is InChI=1S/C16H14Cl2O2/c1-11-5-6-12(16(18)7-11)8-14(19)10-20-15-4-2-3-13(17)9-15/h2-7,9H,8,10H2,1H3. The van der Waals surface area contributed by atoms with Gasteiger partial charge in [0.1, 0.15) is 12.4 Å². The first-order valence-electron chi connectivity index (χ1n) is 6.19. The Morgan fingerprint density at radius 2 is 1.95 bits per heavy atom. The third kappa shape index (κ3) is 4.26. The first-order chi connectivity index (χ1) is 9.54. The maximum absolute atomic E-state index is 11.9. The van der Waals surface area contributed by atoms with Crippen LogP contribution in [-0.4, -0.2) is 12.4 Å².